The van der Waals surface area contributed by atoms with Crippen molar-refractivity contribution in [2.24, 2.45) is 0 Å². The van der Waals surface area contributed by atoms with Gasteiger partial charge in [-0.25, -0.2) is 9.97 Å². The third kappa shape index (κ3) is 3.07. The van der Waals surface area contributed by atoms with Crippen molar-refractivity contribution in [2.45, 2.75) is 13.1 Å². The number of nitrogens with one attached hydrogen (secondary N) is 1. The van der Waals surface area contributed by atoms with Crippen molar-refractivity contribution < 1.29 is 14.3 Å². The summed E-state index contributed by atoms with van der Waals surface area (Å²) in [7, 11) is 6.60. The first-order chi connectivity index (χ1) is 8.51. The van der Waals surface area contributed by atoms with Gasteiger partial charge in [-0.1, -0.05) is 0 Å². The van der Waals surface area contributed by atoms with Gasteiger partial charge in [0.1, 0.15) is 6.33 Å². The second-order valence-corrected chi connectivity index (χ2v) is 3.88. The third-order valence-corrected chi connectivity index (χ3v) is 2.51. The lowest BCUT2D eigenvalue weighted by molar-refractivity contribution is 0.0892. The van der Waals surface area contributed by atoms with E-state index in [2.05, 4.69) is 15.3 Å². The molecule has 0 saturated heterocycles. The van der Waals surface area contributed by atoms with Crippen LogP contribution in [0.1, 0.15) is 17.3 Å². The van der Waals surface area contributed by atoms with E-state index in [1.54, 1.807) is 0 Å². The number of carbonyl (C=O) groups excluding carboxylic acids is 1. The number of amides is 1. The van der Waals surface area contributed by atoms with E-state index >= 15 is 0 Å². The molecule has 1 atom stereocenters. The fourth-order valence-electron chi connectivity index (χ4n) is 1.25. The fourth-order valence-corrected chi connectivity index (χ4v) is 1.25. The van der Waals surface area contributed by atoms with Crippen LogP contribution in [0.3, 0.4) is 0 Å². The van der Waals surface area contributed by atoms with Gasteiger partial charge < -0.3 is 14.8 Å². The molecule has 0 fully saturated rings. The first-order valence-electron chi connectivity index (χ1n) is 5.41. The predicted molar refractivity (Wildman–Crippen MR) is 65.8 cm³/mol. The van der Waals surface area contributed by atoms with E-state index in [1.807, 2.05) is 25.9 Å². The number of nitrogens with zero attached hydrogens (tertiary/aromatic N) is 3. The lowest BCUT2D eigenvalue weighted by Crippen LogP contribution is -2.42. The molecule has 0 bridgehead atoms. The van der Waals surface area contributed by atoms with Gasteiger partial charge in [-0.15, -0.1) is 0 Å². The highest BCUT2D eigenvalue weighted by Crippen LogP contribution is 2.23. The van der Waals surface area contributed by atoms with Gasteiger partial charge in [-0.3, -0.25) is 9.69 Å². The van der Waals surface area contributed by atoms with E-state index < -0.39 is 0 Å². The van der Waals surface area contributed by atoms with Crippen LogP contribution in [0, 0.1) is 0 Å². The standard InChI is InChI=1S/C11H18N4O3/c1-7(15(2)3)14-9(16)8-10(17-4)12-6-13-11(8)18-5/h6-7H,1-5H3,(H,14,16)/t7-/m1/s1. The quantitative estimate of drug-likeness (QED) is 0.753. The summed E-state index contributed by atoms with van der Waals surface area (Å²) >= 11 is 0. The second-order valence-electron chi connectivity index (χ2n) is 3.88. The summed E-state index contributed by atoms with van der Waals surface area (Å²) in [6, 6.07) is 0. The van der Waals surface area contributed by atoms with Crippen LogP contribution in [-0.4, -0.2) is 55.3 Å². The first kappa shape index (κ1) is 14.2. The highest BCUT2D eigenvalue weighted by molar-refractivity contribution is 5.98. The molecular formula is C11H18N4O3. The van der Waals surface area contributed by atoms with Gasteiger partial charge in [-0.2, -0.15) is 0 Å². The minimum Gasteiger partial charge on any atom is -0.480 e. The molecule has 0 aliphatic rings. The summed E-state index contributed by atoms with van der Waals surface area (Å²) in [5.74, 6) is 0.0288. The van der Waals surface area contributed by atoms with Crippen molar-refractivity contribution in [1.29, 1.82) is 0 Å². The lowest BCUT2D eigenvalue weighted by Gasteiger charge is -2.21. The van der Waals surface area contributed by atoms with E-state index in [0.29, 0.717) is 0 Å². The summed E-state index contributed by atoms with van der Waals surface area (Å²) in [6.45, 7) is 1.86. The molecule has 1 aromatic rings. The van der Waals surface area contributed by atoms with Gasteiger partial charge in [0.05, 0.1) is 20.4 Å². The highest BCUT2D eigenvalue weighted by Gasteiger charge is 2.22. The van der Waals surface area contributed by atoms with Gasteiger partial charge in [-0.05, 0) is 21.0 Å². The number of ether oxygens (including phenoxy) is 2. The Kier molecular flexibility index (Phi) is 4.85. The first-order valence-corrected chi connectivity index (χ1v) is 5.41. The van der Waals surface area contributed by atoms with Crippen LogP contribution in [0.15, 0.2) is 6.33 Å². The number of carbonyl (C=O) groups is 1. The van der Waals surface area contributed by atoms with Crippen molar-refractivity contribution in [3.05, 3.63) is 11.9 Å². The molecule has 0 radical (unpaired) electrons. The van der Waals surface area contributed by atoms with Gasteiger partial charge >= 0.3 is 0 Å². The van der Waals surface area contributed by atoms with E-state index in [1.165, 1.54) is 20.5 Å². The zero-order valence-electron chi connectivity index (χ0n) is 11.2. The molecule has 100 valence electrons. The van der Waals surface area contributed by atoms with Crippen LogP contribution in [0.5, 0.6) is 11.8 Å². The molecule has 1 N–H and O–H groups in total. The maximum Gasteiger partial charge on any atom is 0.263 e. The molecule has 1 amide bonds. The third-order valence-electron chi connectivity index (χ3n) is 2.51. The Morgan fingerprint density at radius 1 is 1.28 bits per heavy atom. The normalized spacial score (nSPS) is 12.1. The molecule has 18 heavy (non-hydrogen) atoms. The van der Waals surface area contributed by atoms with Crippen LogP contribution in [-0.2, 0) is 0 Å². The highest BCUT2D eigenvalue weighted by atomic mass is 16.5. The summed E-state index contributed by atoms with van der Waals surface area (Å²) in [5.41, 5.74) is 0.191. The van der Waals surface area contributed by atoms with Gasteiger partial charge in [0, 0.05) is 0 Å². The van der Waals surface area contributed by atoms with E-state index in [4.69, 9.17) is 9.47 Å². The molecule has 0 aromatic carbocycles. The number of hydrogen-bond donors (Lipinski definition) is 1. The van der Waals surface area contributed by atoms with Gasteiger partial charge in [0.2, 0.25) is 11.8 Å². The van der Waals surface area contributed by atoms with Crippen LogP contribution in [0.4, 0.5) is 0 Å². The summed E-state index contributed by atoms with van der Waals surface area (Å²) in [6.07, 6.45) is 1.15. The van der Waals surface area contributed by atoms with Crippen molar-refractivity contribution in [2.75, 3.05) is 28.3 Å². The molecule has 7 nitrogen and oxygen atoms in total. The smallest absolute Gasteiger partial charge is 0.263 e. The Hall–Kier alpha value is -1.89. The topological polar surface area (TPSA) is 76.6 Å². The summed E-state index contributed by atoms with van der Waals surface area (Å²) < 4.78 is 10.1. The van der Waals surface area contributed by atoms with E-state index in [-0.39, 0.29) is 29.4 Å². The average Bonchev–Trinajstić information content (AvgIpc) is 2.37. The molecular weight excluding hydrogens is 236 g/mol. The molecule has 7 heteroatoms. The minimum absolute atomic E-state index is 0.132. The molecule has 0 unspecified atom stereocenters. The Bertz CT molecular complexity index is 400. The van der Waals surface area contributed by atoms with Crippen molar-refractivity contribution in [3.63, 3.8) is 0 Å². The largest absolute Gasteiger partial charge is 0.480 e. The Morgan fingerprint density at radius 3 is 2.17 bits per heavy atom. The molecule has 0 aliphatic heterocycles. The lowest BCUT2D eigenvalue weighted by atomic mass is 10.2. The monoisotopic (exact) mass is 254 g/mol. The number of hydrogen-bond acceptors (Lipinski definition) is 6. The number of aromatic nitrogens is 2. The van der Waals surface area contributed by atoms with Crippen LogP contribution >= 0.6 is 0 Å². The second kappa shape index (κ2) is 6.15. The van der Waals surface area contributed by atoms with Gasteiger partial charge in [0.15, 0.2) is 5.56 Å². The molecule has 1 heterocycles. The maximum absolute atomic E-state index is 12.1. The molecule has 0 aliphatic carbocycles. The van der Waals surface area contributed by atoms with Gasteiger partial charge in [0.25, 0.3) is 5.91 Å². The summed E-state index contributed by atoms with van der Waals surface area (Å²) in [5, 5.41) is 2.79. The van der Waals surface area contributed by atoms with E-state index in [9.17, 15) is 4.79 Å². The van der Waals surface area contributed by atoms with Crippen molar-refractivity contribution in [1.82, 2.24) is 20.2 Å². The van der Waals surface area contributed by atoms with Crippen LogP contribution in [0.2, 0.25) is 0 Å². The minimum atomic E-state index is -0.342. The number of methoxy groups -OCH3 is 2. The molecule has 0 spiro atoms. The van der Waals surface area contributed by atoms with Crippen LogP contribution in [0.25, 0.3) is 0 Å². The summed E-state index contributed by atoms with van der Waals surface area (Å²) in [4.78, 5) is 21.8. The predicted octanol–water partition coefficient (Wildman–Crippen LogP) is 0.131. The maximum atomic E-state index is 12.1. The Labute approximate surface area is 106 Å². The zero-order valence-corrected chi connectivity index (χ0v) is 11.2. The Balaban J connectivity index is 3.03. The zero-order chi connectivity index (χ0) is 13.7. The SMILES string of the molecule is COc1ncnc(OC)c1C(=O)N[C@@H](C)N(C)C. The number of rotatable bonds is 5. The molecule has 1 rings (SSSR count). The van der Waals surface area contributed by atoms with Crippen molar-refractivity contribution >= 4 is 5.91 Å². The molecule has 1 aromatic heterocycles. The average molecular weight is 254 g/mol. The van der Waals surface area contributed by atoms with Crippen molar-refractivity contribution in [3.8, 4) is 11.8 Å². The van der Waals surface area contributed by atoms with E-state index in [0.717, 1.165) is 0 Å². The fraction of sp³-hybridized carbons (Fsp3) is 0.545. The van der Waals surface area contributed by atoms with Crippen LogP contribution < -0.4 is 14.8 Å². The Morgan fingerprint density at radius 2 is 1.78 bits per heavy atom. The molecule has 0 saturated carbocycles.